The third-order valence-electron chi connectivity index (χ3n) is 4.84. The lowest BCUT2D eigenvalue weighted by atomic mass is 9.97. The Hall–Kier alpha value is -3.36. The van der Waals surface area contributed by atoms with Crippen molar-refractivity contribution in [2.24, 2.45) is 5.92 Å². The summed E-state index contributed by atoms with van der Waals surface area (Å²) in [5.41, 5.74) is -0.192. The number of amides is 2. The van der Waals surface area contributed by atoms with E-state index in [1.807, 2.05) is 0 Å². The molecule has 1 fully saturated rings. The zero-order valence-corrected chi connectivity index (χ0v) is 15.4. The first-order valence-electron chi connectivity index (χ1n) is 8.90. The van der Waals surface area contributed by atoms with Crippen LogP contribution in [0.3, 0.4) is 0 Å². The van der Waals surface area contributed by atoms with E-state index in [4.69, 9.17) is 9.52 Å². The molecule has 3 heterocycles. The van der Waals surface area contributed by atoms with Crippen molar-refractivity contribution in [3.05, 3.63) is 46.4 Å². The quantitative estimate of drug-likeness (QED) is 0.790. The predicted octanol–water partition coefficient (Wildman–Crippen LogP) is 1.03. The average molecular weight is 387 g/mol. The van der Waals surface area contributed by atoms with Gasteiger partial charge in [-0.2, -0.15) is 0 Å². The van der Waals surface area contributed by atoms with Gasteiger partial charge in [0, 0.05) is 20.1 Å². The summed E-state index contributed by atoms with van der Waals surface area (Å²) in [7, 11) is 1.45. The predicted molar refractivity (Wildman–Crippen MR) is 98.7 cm³/mol. The van der Waals surface area contributed by atoms with E-state index in [-0.39, 0.29) is 18.0 Å². The second-order valence-electron chi connectivity index (χ2n) is 6.75. The molecule has 2 amide bonds. The number of aromatic nitrogens is 1. The van der Waals surface area contributed by atoms with E-state index in [0.29, 0.717) is 37.4 Å². The van der Waals surface area contributed by atoms with Gasteiger partial charge >= 0.3 is 5.97 Å². The molecule has 9 heteroatoms. The van der Waals surface area contributed by atoms with Gasteiger partial charge in [-0.1, -0.05) is 0 Å². The number of likely N-dealkylation sites (N-methyl/N-ethyl adjacent to an activating group) is 1. The number of rotatable bonds is 5. The lowest BCUT2D eigenvalue weighted by molar-refractivity contribution is -0.145. The van der Waals surface area contributed by atoms with Crippen molar-refractivity contribution in [3.63, 3.8) is 0 Å². The Bertz CT molecular complexity index is 925. The van der Waals surface area contributed by atoms with E-state index in [0.717, 1.165) is 0 Å². The van der Waals surface area contributed by atoms with Crippen LogP contribution >= 0.6 is 0 Å². The second-order valence-corrected chi connectivity index (χ2v) is 6.75. The maximum absolute atomic E-state index is 12.6. The van der Waals surface area contributed by atoms with Gasteiger partial charge in [0.05, 0.1) is 24.4 Å². The zero-order chi connectivity index (χ0) is 20.3. The summed E-state index contributed by atoms with van der Waals surface area (Å²) >= 11 is 0. The van der Waals surface area contributed by atoms with Crippen LogP contribution in [-0.2, 0) is 9.59 Å². The Kier molecular flexibility index (Phi) is 5.62. The molecule has 1 aliphatic rings. The molecule has 2 aromatic rings. The Morgan fingerprint density at radius 3 is 2.54 bits per heavy atom. The van der Waals surface area contributed by atoms with Gasteiger partial charge in [-0.15, -0.1) is 0 Å². The number of H-pyrrole nitrogens is 1. The van der Waals surface area contributed by atoms with Crippen molar-refractivity contribution < 1.29 is 23.9 Å². The third-order valence-corrected chi connectivity index (χ3v) is 4.84. The SMILES string of the molecule is CN(CC(=O)N1CCC(C(=O)O)CC1)C(=O)c1ccc(-c2ccco2)[nH]c1=O. The standard InChI is InChI=1S/C19H21N3O6/c1-21(11-16(23)22-8-6-12(7-9-22)19(26)27)18(25)13-4-5-14(20-17(13)24)15-3-2-10-28-15/h2-5,10,12H,6-9,11H2,1H3,(H,20,24)(H,26,27). The van der Waals surface area contributed by atoms with Crippen LogP contribution in [0.4, 0.5) is 0 Å². The Morgan fingerprint density at radius 2 is 1.96 bits per heavy atom. The number of furan rings is 1. The van der Waals surface area contributed by atoms with E-state index >= 15 is 0 Å². The minimum absolute atomic E-state index is 0.0739. The molecule has 9 nitrogen and oxygen atoms in total. The topological polar surface area (TPSA) is 124 Å². The molecule has 1 aliphatic heterocycles. The second kappa shape index (κ2) is 8.12. The van der Waals surface area contributed by atoms with Gasteiger partial charge < -0.3 is 24.3 Å². The van der Waals surface area contributed by atoms with E-state index < -0.39 is 23.4 Å². The molecule has 0 aliphatic carbocycles. The molecule has 0 spiro atoms. The fourth-order valence-electron chi connectivity index (χ4n) is 3.17. The van der Waals surface area contributed by atoms with Crippen molar-refractivity contribution >= 4 is 17.8 Å². The molecule has 148 valence electrons. The number of carboxylic acid groups (broad SMARTS) is 1. The third kappa shape index (κ3) is 4.13. The highest BCUT2D eigenvalue weighted by atomic mass is 16.4. The monoisotopic (exact) mass is 387 g/mol. The molecule has 2 N–H and O–H groups in total. The average Bonchev–Trinajstić information content (AvgIpc) is 3.22. The van der Waals surface area contributed by atoms with Crippen molar-refractivity contribution in [2.75, 3.05) is 26.7 Å². The fourth-order valence-corrected chi connectivity index (χ4v) is 3.17. The summed E-state index contributed by atoms with van der Waals surface area (Å²) in [6.45, 7) is 0.502. The number of piperidine rings is 1. The van der Waals surface area contributed by atoms with Crippen LogP contribution in [0.1, 0.15) is 23.2 Å². The van der Waals surface area contributed by atoms with Crippen molar-refractivity contribution in [2.45, 2.75) is 12.8 Å². The van der Waals surface area contributed by atoms with E-state index in [9.17, 15) is 19.2 Å². The summed E-state index contributed by atoms with van der Waals surface area (Å²) in [6.07, 6.45) is 2.27. The smallest absolute Gasteiger partial charge is 0.306 e. The van der Waals surface area contributed by atoms with Crippen LogP contribution in [0.5, 0.6) is 0 Å². The highest BCUT2D eigenvalue weighted by Gasteiger charge is 2.28. The Labute approximate surface area is 160 Å². The maximum atomic E-state index is 12.6. The van der Waals surface area contributed by atoms with Crippen LogP contribution in [0.15, 0.2) is 39.7 Å². The molecule has 0 unspecified atom stereocenters. The summed E-state index contributed by atoms with van der Waals surface area (Å²) in [5.74, 6) is -1.65. The van der Waals surface area contributed by atoms with Gasteiger partial charge in [-0.05, 0) is 37.1 Å². The normalized spacial score (nSPS) is 14.7. The molecular formula is C19H21N3O6. The molecular weight excluding hydrogens is 366 g/mol. The molecule has 1 saturated heterocycles. The number of nitrogens with one attached hydrogen (secondary N) is 1. The first-order chi connectivity index (χ1) is 13.4. The molecule has 0 saturated carbocycles. The van der Waals surface area contributed by atoms with Gasteiger partial charge in [-0.3, -0.25) is 19.2 Å². The van der Waals surface area contributed by atoms with Gasteiger partial charge in [0.2, 0.25) is 5.91 Å². The summed E-state index contributed by atoms with van der Waals surface area (Å²) in [6, 6.07) is 6.34. The van der Waals surface area contributed by atoms with Gasteiger partial charge in [0.15, 0.2) is 0 Å². The Morgan fingerprint density at radius 1 is 1.25 bits per heavy atom. The summed E-state index contributed by atoms with van der Waals surface area (Å²) in [4.78, 5) is 53.6. The molecule has 0 radical (unpaired) electrons. The number of hydrogen-bond acceptors (Lipinski definition) is 5. The first kappa shape index (κ1) is 19.4. The van der Waals surface area contributed by atoms with Crippen LogP contribution in [0.25, 0.3) is 11.5 Å². The van der Waals surface area contributed by atoms with Crippen LogP contribution in [0.2, 0.25) is 0 Å². The largest absolute Gasteiger partial charge is 0.481 e. The van der Waals surface area contributed by atoms with Crippen molar-refractivity contribution in [1.29, 1.82) is 0 Å². The minimum Gasteiger partial charge on any atom is -0.481 e. The lowest BCUT2D eigenvalue weighted by Gasteiger charge is -2.31. The number of hydrogen-bond donors (Lipinski definition) is 2. The van der Waals surface area contributed by atoms with Crippen LogP contribution < -0.4 is 5.56 Å². The fraction of sp³-hybridized carbons (Fsp3) is 0.368. The first-order valence-corrected chi connectivity index (χ1v) is 8.90. The highest BCUT2D eigenvalue weighted by Crippen LogP contribution is 2.18. The maximum Gasteiger partial charge on any atom is 0.306 e. The number of carboxylic acids is 1. The van der Waals surface area contributed by atoms with E-state index in [1.54, 1.807) is 23.1 Å². The summed E-state index contributed by atoms with van der Waals surface area (Å²) in [5, 5.41) is 9.02. The van der Waals surface area contributed by atoms with Crippen LogP contribution in [0, 0.1) is 5.92 Å². The molecule has 0 aromatic carbocycles. The highest BCUT2D eigenvalue weighted by molar-refractivity contribution is 5.96. The molecule has 0 atom stereocenters. The number of nitrogens with zero attached hydrogens (tertiary/aromatic N) is 2. The number of aliphatic carboxylic acids is 1. The van der Waals surface area contributed by atoms with Gasteiger partial charge in [-0.25, -0.2) is 0 Å². The molecule has 3 rings (SSSR count). The lowest BCUT2D eigenvalue weighted by Crippen LogP contribution is -2.46. The van der Waals surface area contributed by atoms with E-state index in [1.165, 1.54) is 24.3 Å². The van der Waals surface area contributed by atoms with Crippen molar-refractivity contribution in [1.82, 2.24) is 14.8 Å². The number of likely N-dealkylation sites (tertiary alicyclic amines) is 1. The summed E-state index contributed by atoms with van der Waals surface area (Å²) < 4.78 is 5.21. The number of carbonyl (C=O) groups is 3. The van der Waals surface area contributed by atoms with Gasteiger partial charge in [0.1, 0.15) is 11.3 Å². The number of pyridine rings is 1. The Balaban J connectivity index is 1.62. The minimum atomic E-state index is -0.850. The van der Waals surface area contributed by atoms with E-state index in [2.05, 4.69) is 4.98 Å². The van der Waals surface area contributed by atoms with Gasteiger partial charge in [0.25, 0.3) is 11.5 Å². The molecule has 0 bridgehead atoms. The zero-order valence-electron chi connectivity index (χ0n) is 15.4. The molecule has 28 heavy (non-hydrogen) atoms. The van der Waals surface area contributed by atoms with Crippen molar-refractivity contribution in [3.8, 4) is 11.5 Å². The number of carbonyl (C=O) groups excluding carboxylic acids is 2. The van der Waals surface area contributed by atoms with Crippen LogP contribution in [-0.4, -0.2) is 64.4 Å². The number of aromatic amines is 1. The molecule has 2 aromatic heterocycles.